The smallest absolute Gasteiger partial charge is 0.261 e. The summed E-state index contributed by atoms with van der Waals surface area (Å²) in [7, 11) is 0. The second-order valence-corrected chi connectivity index (χ2v) is 5.53. The van der Waals surface area contributed by atoms with Gasteiger partial charge in [-0.05, 0) is 48.6 Å². The van der Waals surface area contributed by atoms with Crippen LogP contribution >= 0.6 is 11.3 Å². The van der Waals surface area contributed by atoms with Crippen LogP contribution in [0.25, 0.3) is 0 Å². The second-order valence-electron chi connectivity index (χ2n) is 4.58. The molecule has 0 aliphatic rings. The number of thiophene rings is 1. The number of carbonyl (C=O) groups excluding carboxylic acids is 2. The fourth-order valence-corrected chi connectivity index (χ4v) is 2.55. The molecule has 0 fully saturated rings. The van der Waals surface area contributed by atoms with Gasteiger partial charge in [0.05, 0.1) is 11.4 Å². The predicted octanol–water partition coefficient (Wildman–Crippen LogP) is 2.73. The summed E-state index contributed by atoms with van der Waals surface area (Å²) in [4.78, 5) is 24.1. The summed E-state index contributed by atoms with van der Waals surface area (Å²) >= 11 is 1.35. The maximum Gasteiger partial charge on any atom is 0.261 e. The Morgan fingerprint density at radius 2 is 1.85 bits per heavy atom. The van der Waals surface area contributed by atoms with E-state index >= 15 is 0 Å². The number of hydrogen-bond donors (Lipinski definition) is 2. The number of benzene rings is 1. The number of rotatable bonds is 4. The van der Waals surface area contributed by atoms with Crippen molar-refractivity contribution in [1.82, 2.24) is 5.32 Å². The number of carbonyl (C=O) groups is 2. The normalized spacial score (nSPS) is 10.1. The Morgan fingerprint density at radius 3 is 2.45 bits per heavy atom. The van der Waals surface area contributed by atoms with Crippen LogP contribution in [0.2, 0.25) is 0 Å². The second kappa shape index (κ2) is 6.34. The molecule has 0 bridgehead atoms. The molecule has 1 aromatic heterocycles. The maximum atomic E-state index is 11.8. The van der Waals surface area contributed by atoms with Crippen molar-refractivity contribution >= 4 is 28.8 Å². The lowest BCUT2D eigenvalue weighted by Gasteiger charge is -2.08. The van der Waals surface area contributed by atoms with Gasteiger partial charge in [-0.25, -0.2) is 0 Å². The molecular formula is C15H16N2O2S. The summed E-state index contributed by atoms with van der Waals surface area (Å²) in [5.41, 5.74) is 2.92. The van der Waals surface area contributed by atoms with Crippen LogP contribution in [0.4, 0.5) is 5.69 Å². The van der Waals surface area contributed by atoms with Gasteiger partial charge >= 0.3 is 0 Å². The summed E-state index contributed by atoms with van der Waals surface area (Å²) < 4.78 is 0. The highest BCUT2D eigenvalue weighted by atomic mass is 32.1. The number of amides is 2. The fraction of sp³-hybridized carbons (Fsp3) is 0.200. The van der Waals surface area contributed by atoms with Crippen molar-refractivity contribution in [2.45, 2.75) is 13.8 Å². The maximum absolute atomic E-state index is 11.8. The van der Waals surface area contributed by atoms with E-state index < -0.39 is 0 Å². The van der Waals surface area contributed by atoms with Crippen LogP contribution in [-0.2, 0) is 4.79 Å². The number of nitrogens with one attached hydrogen (secondary N) is 2. The third kappa shape index (κ3) is 3.93. The van der Waals surface area contributed by atoms with Gasteiger partial charge in [0.2, 0.25) is 5.91 Å². The minimum atomic E-state index is -0.236. The monoisotopic (exact) mass is 288 g/mol. The van der Waals surface area contributed by atoms with Crippen molar-refractivity contribution in [1.29, 1.82) is 0 Å². The van der Waals surface area contributed by atoms with Gasteiger partial charge in [-0.2, -0.15) is 0 Å². The molecule has 20 heavy (non-hydrogen) atoms. The Labute approximate surface area is 121 Å². The molecular weight excluding hydrogens is 272 g/mol. The van der Waals surface area contributed by atoms with Gasteiger partial charge in [0, 0.05) is 5.69 Å². The van der Waals surface area contributed by atoms with Crippen LogP contribution in [0.1, 0.15) is 20.8 Å². The van der Waals surface area contributed by atoms with Crippen LogP contribution in [0.3, 0.4) is 0 Å². The van der Waals surface area contributed by atoms with E-state index in [1.165, 1.54) is 11.3 Å². The molecule has 0 radical (unpaired) electrons. The van der Waals surface area contributed by atoms with Crippen molar-refractivity contribution in [3.63, 3.8) is 0 Å². The average molecular weight is 288 g/mol. The summed E-state index contributed by atoms with van der Waals surface area (Å²) in [5.74, 6) is -0.463. The van der Waals surface area contributed by atoms with E-state index in [0.29, 0.717) is 4.88 Å². The summed E-state index contributed by atoms with van der Waals surface area (Å²) in [6.07, 6.45) is 0. The molecule has 5 heteroatoms. The third-order valence-corrected chi connectivity index (χ3v) is 3.53. The minimum Gasteiger partial charge on any atom is -0.342 e. The number of aryl methyl sites for hydroxylation is 2. The van der Waals surface area contributed by atoms with E-state index in [0.717, 1.165) is 16.8 Å². The van der Waals surface area contributed by atoms with Crippen LogP contribution in [0.15, 0.2) is 35.7 Å². The summed E-state index contributed by atoms with van der Waals surface area (Å²) in [6, 6.07) is 9.35. The van der Waals surface area contributed by atoms with Gasteiger partial charge in [-0.3, -0.25) is 9.59 Å². The molecule has 0 saturated carbocycles. The van der Waals surface area contributed by atoms with Crippen molar-refractivity contribution in [2.75, 3.05) is 11.9 Å². The highest BCUT2D eigenvalue weighted by molar-refractivity contribution is 7.12. The Morgan fingerprint density at radius 1 is 1.15 bits per heavy atom. The molecule has 2 rings (SSSR count). The van der Waals surface area contributed by atoms with Gasteiger partial charge in [-0.15, -0.1) is 11.3 Å². The zero-order valence-electron chi connectivity index (χ0n) is 11.4. The Hall–Kier alpha value is -2.14. The molecule has 0 saturated heterocycles. The highest BCUT2D eigenvalue weighted by Gasteiger charge is 2.09. The molecule has 2 amide bonds. The third-order valence-electron chi connectivity index (χ3n) is 2.66. The molecule has 0 spiro atoms. The summed E-state index contributed by atoms with van der Waals surface area (Å²) in [6.45, 7) is 3.91. The molecule has 0 aliphatic carbocycles. The molecule has 2 aromatic rings. The van der Waals surface area contributed by atoms with Crippen LogP contribution in [0.5, 0.6) is 0 Å². The standard InChI is InChI=1S/C15H16N2O2S/c1-10-6-11(2)8-12(7-10)17-14(18)9-16-15(19)13-4-3-5-20-13/h3-8H,9H2,1-2H3,(H,16,19)(H,17,18). The van der Waals surface area contributed by atoms with Gasteiger partial charge in [0.25, 0.3) is 5.91 Å². The topological polar surface area (TPSA) is 58.2 Å². The number of hydrogen-bond acceptors (Lipinski definition) is 3. The van der Waals surface area contributed by atoms with Gasteiger partial charge < -0.3 is 10.6 Å². The molecule has 0 atom stereocenters. The van der Waals surface area contributed by atoms with Crippen molar-refractivity contribution in [3.05, 3.63) is 51.7 Å². The van der Waals surface area contributed by atoms with Gasteiger partial charge in [-0.1, -0.05) is 12.1 Å². The van der Waals surface area contributed by atoms with Crippen LogP contribution < -0.4 is 10.6 Å². The molecule has 4 nitrogen and oxygen atoms in total. The van der Waals surface area contributed by atoms with E-state index in [1.807, 2.05) is 37.4 Å². The lowest BCUT2D eigenvalue weighted by atomic mass is 10.1. The number of anilines is 1. The highest BCUT2D eigenvalue weighted by Crippen LogP contribution is 2.13. The molecule has 104 valence electrons. The molecule has 0 unspecified atom stereocenters. The van der Waals surface area contributed by atoms with E-state index in [-0.39, 0.29) is 18.4 Å². The van der Waals surface area contributed by atoms with Gasteiger partial charge in [0.1, 0.15) is 0 Å². The average Bonchev–Trinajstić information content (AvgIpc) is 2.88. The van der Waals surface area contributed by atoms with E-state index in [9.17, 15) is 9.59 Å². The lowest BCUT2D eigenvalue weighted by Crippen LogP contribution is -2.32. The Bertz CT molecular complexity index is 601. The predicted molar refractivity (Wildman–Crippen MR) is 81.2 cm³/mol. The van der Waals surface area contributed by atoms with Crippen molar-refractivity contribution in [3.8, 4) is 0 Å². The quantitative estimate of drug-likeness (QED) is 0.909. The molecule has 0 aliphatic heterocycles. The van der Waals surface area contributed by atoms with Crippen molar-refractivity contribution < 1.29 is 9.59 Å². The minimum absolute atomic E-state index is 0.0380. The first-order valence-corrected chi connectivity index (χ1v) is 7.12. The summed E-state index contributed by atoms with van der Waals surface area (Å²) in [5, 5.41) is 7.19. The molecule has 1 aromatic carbocycles. The van der Waals surface area contributed by atoms with Crippen LogP contribution in [-0.4, -0.2) is 18.4 Å². The van der Waals surface area contributed by atoms with Gasteiger partial charge in [0.15, 0.2) is 0 Å². The zero-order chi connectivity index (χ0) is 14.5. The van der Waals surface area contributed by atoms with E-state index in [4.69, 9.17) is 0 Å². The Balaban J connectivity index is 1.88. The molecule has 1 heterocycles. The Kier molecular flexibility index (Phi) is 4.53. The first kappa shape index (κ1) is 14.3. The largest absolute Gasteiger partial charge is 0.342 e. The molecule has 2 N–H and O–H groups in total. The first-order valence-electron chi connectivity index (χ1n) is 6.24. The van der Waals surface area contributed by atoms with E-state index in [1.54, 1.807) is 12.1 Å². The van der Waals surface area contributed by atoms with Crippen molar-refractivity contribution in [2.24, 2.45) is 0 Å². The zero-order valence-corrected chi connectivity index (χ0v) is 12.2. The van der Waals surface area contributed by atoms with Crippen LogP contribution in [0, 0.1) is 13.8 Å². The lowest BCUT2D eigenvalue weighted by molar-refractivity contribution is -0.115. The van der Waals surface area contributed by atoms with E-state index in [2.05, 4.69) is 10.6 Å². The fourth-order valence-electron chi connectivity index (χ4n) is 1.91. The SMILES string of the molecule is Cc1cc(C)cc(NC(=O)CNC(=O)c2cccs2)c1. The first-order chi connectivity index (χ1) is 9.54.